The lowest BCUT2D eigenvalue weighted by Gasteiger charge is -2.26. The Labute approximate surface area is 97.8 Å². The molecule has 1 aromatic heterocycles. The lowest BCUT2D eigenvalue weighted by molar-refractivity contribution is 0.228. The quantitative estimate of drug-likeness (QED) is 0.844. The molecule has 0 saturated heterocycles. The van der Waals surface area contributed by atoms with Crippen LogP contribution in [-0.4, -0.2) is 12.1 Å². The fourth-order valence-corrected chi connectivity index (χ4v) is 2.43. The Hall–Kier alpha value is -0.740. The van der Waals surface area contributed by atoms with Gasteiger partial charge in [-0.05, 0) is 31.4 Å². The van der Waals surface area contributed by atoms with Crippen LogP contribution in [0.25, 0.3) is 0 Å². The number of urea groups is 1. The third-order valence-corrected chi connectivity index (χ3v) is 3.72. The summed E-state index contributed by atoms with van der Waals surface area (Å²) in [6.45, 7) is 0.552. The molecule has 3 nitrogen and oxygen atoms in total. The van der Waals surface area contributed by atoms with Crippen LogP contribution in [0.5, 0.6) is 0 Å². The van der Waals surface area contributed by atoms with Crippen molar-refractivity contribution >= 4 is 29.0 Å². The van der Waals surface area contributed by atoms with Crippen molar-refractivity contribution in [3.8, 4) is 0 Å². The Balaban J connectivity index is 1.70. The van der Waals surface area contributed by atoms with Crippen molar-refractivity contribution < 1.29 is 4.79 Å². The molecule has 0 bridgehead atoms. The molecule has 0 atom stereocenters. The minimum absolute atomic E-state index is 0.0794. The molecule has 1 fully saturated rings. The van der Waals surface area contributed by atoms with Gasteiger partial charge in [0.15, 0.2) is 0 Å². The Morgan fingerprint density at radius 3 is 2.87 bits per heavy atom. The van der Waals surface area contributed by atoms with Crippen LogP contribution in [0.2, 0.25) is 4.34 Å². The second kappa shape index (κ2) is 4.86. The third-order valence-electron chi connectivity index (χ3n) is 2.49. The van der Waals surface area contributed by atoms with Crippen molar-refractivity contribution in [3.63, 3.8) is 0 Å². The van der Waals surface area contributed by atoms with Crippen LogP contribution in [0.15, 0.2) is 12.1 Å². The molecule has 15 heavy (non-hydrogen) atoms. The van der Waals surface area contributed by atoms with Gasteiger partial charge in [0.2, 0.25) is 0 Å². The molecule has 0 aromatic carbocycles. The zero-order valence-corrected chi connectivity index (χ0v) is 9.83. The standard InChI is InChI=1S/C10H13ClN2OS/c11-9-5-4-8(15-9)6-12-10(14)13-7-2-1-3-7/h4-5,7H,1-3,6H2,(H2,12,13,14). The molecular formula is C10H13ClN2OS. The molecule has 0 radical (unpaired) electrons. The first-order valence-corrected chi connectivity index (χ1v) is 6.22. The van der Waals surface area contributed by atoms with Gasteiger partial charge in [0.1, 0.15) is 0 Å². The molecule has 0 aliphatic heterocycles. The molecule has 0 unspecified atom stereocenters. The Morgan fingerprint density at radius 1 is 1.53 bits per heavy atom. The molecular weight excluding hydrogens is 232 g/mol. The van der Waals surface area contributed by atoms with Gasteiger partial charge in [0, 0.05) is 10.9 Å². The zero-order chi connectivity index (χ0) is 10.7. The second-order valence-corrected chi connectivity index (χ2v) is 5.46. The normalized spacial score (nSPS) is 15.8. The summed E-state index contributed by atoms with van der Waals surface area (Å²) in [5, 5.41) is 5.73. The number of carbonyl (C=O) groups excluding carboxylic acids is 1. The molecule has 1 heterocycles. The van der Waals surface area contributed by atoms with Crippen LogP contribution in [-0.2, 0) is 6.54 Å². The van der Waals surface area contributed by atoms with Crippen molar-refractivity contribution in [1.82, 2.24) is 10.6 Å². The first kappa shape index (κ1) is 10.8. The smallest absolute Gasteiger partial charge is 0.315 e. The number of amides is 2. The second-order valence-electron chi connectivity index (χ2n) is 3.66. The average molecular weight is 245 g/mol. The maximum atomic E-state index is 11.4. The minimum atomic E-state index is -0.0794. The Kier molecular flexibility index (Phi) is 3.49. The van der Waals surface area contributed by atoms with E-state index in [1.165, 1.54) is 17.8 Å². The maximum absolute atomic E-state index is 11.4. The molecule has 82 valence electrons. The summed E-state index contributed by atoms with van der Waals surface area (Å²) in [7, 11) is 0. The van der Waals surface area contributed by atoms with Gasteiger partial charge in [-0.3, -0.25) is 0 Å². The van der Waals surface area contributed by atoms with E-state index in [1.807, 2.05) is 12.1 Å². The van der Waals surface area contributed by atoms with Gasteiger partial charge in [0.25, 0.3) is 0 Å². The molecule has 2 N–H and O–H groups in total. The van der Waals surface area contributed by atoms with Gasteiger partial charge in [0.05, 0.1) is 10.9 Å². The van der Waals surface area contributed by atoms with E-state index in [2.05, 4.69) is 10.6 Å². The first-order valence-electron chi connectivity index (χ1n) is 5.02. The van der Waals surface area contributed by atoms with E-state index in [4.69, 9.17) is 11.6 Å². The number of hydrogen-bond acceptors (Lipinski definition) is 2. The summed E-state index contributed by atoms with van der Waals surface area (Å²) < 4.78 is 0.756. The van der Waals surface area contributed by atoms with Gasteiger partial charge in [-0.1, -0.05) is 11.6 Å². The number of halogens is 1. The summed E-state index contributed by atoms with van der Waals surface area (Å²) in [4.78, 5) is 12.4. The van der Waals surface area contributed by atoms with E-state index in [9.17, 15) is 4.79 Å². The van der Waals surface area contributed by atoms with Crippen LogP contribution in [0.4, 0.5) is 4.79 Å². The van der Waals surface area contributed by atoms with Crippen molar-refractivity contribution in [2.45, 2.75) is 31.8 Å². The van der Waals surface area contributed by atoms with Gasteiger partial charge in [-0.25, -0.2) is 4.79 Å². The van der Waals surface area contributed by atoms with Gasteiger partial charge in [-0.15, -0.1) is 11.3 Å². The fraction of sp³-hybridized carbons (Fsp3) is 0.500. The summed E-state index contributed by atoms with van der Waals surface area (Å²) in [6, 6.07) is 4.07. The largest absolute Gasteiger partial charge is 0.335 e. The van der Waals surface area contributed by atoms with Crippen LogP contribution < -0.4 is 10.6 Å². The van der Waals surface area contributed by atoms with Crippen LogP contribution in [0.1, 0.15) is 24.1 Å². The third kappa shape index (κ3) is 3.11. The number of hydrogen-bond donors (Lipinski definition) is 2. The van der Waals surface area contributed by atoms with E-state index >= 15 is 0 Å². The summed E-state index contributed by atoms with van der Waals surface area (Å²) in [6.07, 6.45) is 3.45. The number of thiophene rings is 1. The van der Waals surface area contributed by atoms with Crippen LogP contribution in [0, 0.1) is 0 Å². The van der Waals surface area contributed by atoms with Crippen molar-refractivity contribution in [2.75, 3.05) is 0 Å². The Morgan fingerprint density at radius 2 is 2.33 bits per heavy atom. The number of nitrogens with one attached hydrogen (secondary N) is 2. The summed E-state index contributed by atoms with van der Waals surface area (Å²) in [5.41, 5.74) is 0. The fourth-order valence-electron chi connectivity index (χ4n) is 1.40. The summed E-state index contributed by atoms with van der Waals surface area (Å²) >= 11 is 7.27. The Bertz CT molecular complexity index is 349. The highest BCUT2D eigenvalue weighted by molar-refractivity contribution is 7.16. The molecule has 1 aromatic rings. The van der Waals surface area contributed by atoms with Crippen molar-refractivity contribution in [3.05, 3.63) is 21.3 Å². The minimum Gasteiger partial charge on any atom is -0.335 e. The molecule has 2 rings (SSSR count). The average Bonchev–Trinajstić information content (AvgIpc) is 2.55. The molecule has 2 amide bonds. The number of rotatable bonds is 3. The van der Waals surface area contributed by atoms with Gasteiger partial charge in [-0.2, -0.15) is 0 Å². The number of carbonyl (C=O) groups is 1. The predicted octanol–water partition coefficient (Wildman–Crippen LogP) is 2.75. The van der Waals surface area contributed by atoms with E-state index in [1.54, 1.807) is 0 Å². The van der Waals surface area contributed by atoms with Crippen LogP contribution >= 0.6 is 22.9 Å². The molecule has 1 aliphatic carbocycles. The van der Waals surface area contributed by atoms with Gasteiger partial charge < -0.3 is 10.6 Å². The van der Waals surface area contributed by atoms with Gasteiger partial charge >= 0.3 is 6.03 Å². The molecule has 5 heteroatoms. The zero-order valence-electron chi connectivity index (χ0n) is 8.25. The lowest BCUT2D eigenvalue weighted by atomic mass is 9.93. The summed E-state index contributed by atoms with van der Waals surface area (Å²) in [5.74, 6) is 0. The first-order chi connectivity index (χ1) is 7.24. The van der Waals surface area contributed by atoms with E-state index in [-0.39, 0.29) is 6.03 Å². The molecule has 1 aliphatic rings. The van der Waals surface area contributed by atoms with E-state index < -0.39 is 0 Å². The van der Waals surface area contributed by atoms with E-state index in [0.29, 0.717) is 12.6 Å². The topological polar surface area (TPSA) is 41.1 Å². The molecule has 0 spiro atoms. The lowest BCUT2D eigenvalue weighted by Crippen LogP contribution is -2.44. The molecule has 1 saturated carbocycles. The maximum Gasteiger partial charge on any atom is 0.315 e. The van der Waals surface area contributed by atoms with E-state index in [0.717, 1.165) is 22.1 Å². The monoisotopic (exact) mass is 244 g/mol. The highest BCUT2D eigenvalue weighted by Crippen LogP contribution is 2.21. The highest BCUT2D eigenvalue weighted by atomic mass is 35.5. The van der Waals surface area contributed by atoms with Crippen molar-refractivity contribution in [1.29, 1.82) is 0 Å². The highest BCUT2D eigenvalue weighted by Gasteiger charge is 2.18. The SMILES string of the molecule is O=C(NCc1ccc(Cl)s1)NC1CCC1. The van der Waals surface area contributed by atoms with Crippen LogP contribution in [0.3, 0.4) is 0 Å². The van der Waals surface area contributed by atoms with Crippen molar-refractivity contribution in [2.24, 2.45) is 0 Å². The predicted molar refractivity (Wildman–Crippen MR) is 62.3 cm³/mol.